The van der Waals surface area contributed by atoms with Crippen LogP contribution in [0.1, 0.15) is 0 Å². The van der Waals surface area contributed by atoms with Crippen molar-refractivity contribution < 1.29 is 4.42 Å². The quantitative estimate of drug-likeness (QED) is 0.214. The largest absolute Gasteiger partial charge is 0.438 e. The molecule has 9 rings (SSSR count). The zero-order valence-corrected chi connectivity index (χ0v) is 23.7. The number of furan rings is 1. The van der Waals surface area contributed by atoms with E-state index >= 15 is 0 Å². The molecule has 0 radical (unpaired) electrons. The van der Waals surface area contributed by atoms with E-state index < -0.39 is 0 Å². The van der Waals surface area contributed by atoms with Gasteiger partial charge in [0.15, 0.2) is 5.82 Å². The standard InChI is InChI=1S/C40H25N3O/c1-4-12-26(13-5-1)38-37-32-22-20-29(25-36(32)44-40(37)42-39(41-38)27-14-6-2-7-15-27)28-21-23-35-33(24-28)31-18-10-11-19-34(31)43(35)30-16-8-3-9-17-30/h1-25H. The van der Waals surface area contributed by atoms with E-state index in [2.05, 4.69) is 108 Å². The van der Waals surface area contributed by atoms with Gasteiger partial charge in [0.05, 0.1) is 22.1 Å². The molecule has 0 fully saturated rings. The Hall–Kier alpha value is -6.00. The van der Waals surface area contributed by atoms with Crippen LogP contribution in [0.2, 0.25) is 0 Å². The molecule has 0 spiro atoms. The van der Waals surface area contributed by atoms with Crippen molar-refractivity contribution in [2.45, 2.75) is 0 Å². The molecule has 3 heterocycles. The molecule has 4 nitrogen and oxygen atoms in total. The number of nitrogens with zero attached hydrogens (tertiary/aromatic N) is 3. The Morgan fingerprint density at radius 1 is 0.455 bits per heavy atom. The third-order valence-electron chi connectivity index (χ3n) is 8.43. The van der Waals surface area contributed by atoms with Crippen molar-refractivity contribution >= 4 is 43.9 Å². The first-order valence-corrected chi connectivity index (χ1v) is 14.8. The highest BCUT2D eigenvalue weighted by atomic mass is 16.3. The molecule has 0 saturated heterocycles. The van der Waals surface area contributed by atoms with E-state index in [0.29, 0.717) is 11.5 Å². The molecule has 0 amide bonds. The van der Waals surface area contributed by atoms with Crippen LogP contribution in [0, 0.1) is 0 Å². The SMILES string of the molecule is c1ccc(-c2nc(-c3ccccc3)c3c(n2)oc2cc(-c4ccc5c(c4)c4ccccc4n5-c4ccccc4)ccc23)cc1. The second-order valence-electron chi connectivity index (χ2n) is 11.0. The van der Waals surface area contributed by atoms with Gasteiger partial charge in [-0.15, -0.1) is 0 Å². The maximum Gasteiger partial charge on any atom is 0.231 e. The average Bonchev–Trinajstić information content (AvgIpc) is 3.64. The van der Waals surface area contributed by atoms with Crippen LogP contribution in [-0.4, -0.2) is 14.5 Å². The highest BCUT2D eigenvalue weighted by molar-refractivity contribution is 6.13. The lowest BCUT2D eigenvalue weighted by atomic mass is 10.0. The minimum absolute atomic E-state index is 0.589. The molecule has 0 aliphatic heterocycles. The molecule has 4 heteroatoms. The summed E-state index contributed by atoms with van der Waals surface area (Å²) < 4.78 is 8.84. The number of hydrogen-bond acceptors (Lipinski definition) is 3. The highest BCUT2D eigenvalue weighted by Gasteiger charge is 2.19. The predicted octanol–water partition coefficient (Wildman–Crippen LogP) is 10.5. The summed E-state index contributed by atoms with van der Waals surface area (Å²) in [4.78, 5) is 9.96. The van der Waals surface area contributed by atoms with E-state index in [0.717, 1.165) is 50.0 Å². The molecular formula is C40H25N3O. The molecular weight excluding hydrogens is 538 g/mol. The number of rotatable bonds is 4. The molecule has 6 aromatic carbocycles. The molecule has 0 atom stereocenters. The van der Waals surface area contributed by atoms with E-state index in [-0.39, 0.29) is 0 Å². The van der Waals surface area contributed by atoms with Crippen LogP contribution in [0.5, 0.6) is 0 Å². The van der Waals surface area contributed by atoms with Gasteiger partial charge in [0.2, 0.25) is 5.71 Å². The summed E-state index contributed by atoms with van der Waals surface area (Å²) >= 11 is 0. The molecule has 9 aromatic rings. The van der Waals surface area contributed by atoms with Crippen molar-refractivity contribution in [3.63, 3.8) is 0 Å². The number of benzene rings is 6. The smallest absolute Gasteiger partial charge is 0.231 e. The molecule has 0 bridgehead atoms. The lowest BCUT2D eigenvalue weighted by Crippen LogP contribution is -1.93. The van der Waals surface area contributed by atoms with E-state index in [4.69, 9.17) is 14.4 Å². The molecule has 44 heavy (non-hydrogen) atoms. The molecule has 0 N–H and O–H groups in total. The summed E-state index contributed by atoms with van der Waals surface area (Å²) in [5, 5.41) is 4.38. The first-order valence-electron chi connectivity index (χ1n) is 14.8. The summed E-state index contributed by atoms with van der Waals surface area (Å²) in [7, 11) is 0. The van der Waals surface area contributed by atoms with Gasteiger partial charge in [-0.2, -0.15) is 4.98 Å². The van der Waals surface area contributed by atoms with E-state index in [1.54, 1.807) is 0 Å². The fourth-order valence-electron chi connectivity index (χ4n) is 6.38. The first kappa shape index (κ1) is 24.6. The highest BCUT2D eigenvalue weighted by Crippen LogP contribution is 2.39. The first-order chi connectivity index (χ1) is 21.8. The van der Waals surface area contributed by atoms with E-state index in [1.165, 1.54) is 21.8 Å². The minimum atomic E-state index is 0.589. The van der Waals surface area contributed by atoms with Crippen molar-refractivity contribution in [1.82, 2.24) is 14.5 Å². The number of para-hydroxylation sites is 2. The number of hydrogen-bond donors (Lipinski definition) is 0. The summed E-state index contributed by atoms with van der Waals surface area (Å²) in [6.45, 7) is 0. The maximum absolute atomic E-state index is 6.50. The third-order valence-corrected chi connectivity index (χ3v) is 8.43. The van der Waals surface area contributed by atoms with Gasteiger partial charge in [-0.05, 0) is 53.6 Å². The van der Waals surface area contributed by atoms with Gasteiger partial charge in [-0.3, -0.25) is 0 Å². The van der Waals surface area contributed by atoms with Gasteiger partial charge in [-0.1, -0.05) is 109 Å². The molecule has 0 saturated carbocycles. The second-order valence-corrected chi connectivity index (χ2v) is 11.0. The summed E-state index contributed by atoms with van der Waals surface area (Å²) in [6.07, 6.45) is 0. The second kappa shape index (κ2) is 9.79. The predicted molar refractivity (Wildman–Crippen MR) is 180 cm³/mol. The lowest BCUT2D eigenvalue weighted by molar-refractivity contribution is 0.654. The van der Waals surface area contributed by atoms with Gasteiger partial charge in [-0.25, -0.2) is 4.98 Å². The lowest BCUT2D eigenvalue weighted by Gasteiger charge is -2.08. The third kappa shape index (κ3) is 3.85. The zero-order chi connectivity index (χ0) is 29.0. The normalized spacial score (nSPS) is 11.6. The van der Waals surface area contributed by atoms with Gasteiger partial charge < -0.3 is 8.98 Å². The fourth-order valence-corrected chi connectivity index (χ4v) is 6.38. The van der Waals surface area contributed by atoms with Gasteiger partial charge >= 0.3 is 0 Å². The number of fused-ring (bicyclic) bond motifs is 6. The summed E-state index contributed by atoms with van der Waals surface area (Å²) in [5.41, 5.74) is 9.99. The van der Waals surface area contributed by atoms with Crippen LogP contribution in [-0.2, 0) is 0 Å². The van der Waals surface area contributed by atoms with Crippen molar-refractivity contribution in [3.8, 4) is 39.5 Å². The van der Waals surface area contributed by atoms with E-state index in [1.807, 2.05) is 48.5 Å². The Morgan fingerprint density at radius 2 is 1.09 bits per heavy atom. The van der Waals surface area contributed by atoms with Gasteiger partial charge in [0.1, 0.15) is 5.58 Å². The fraction of sp³-hybridized carbons (Fsp3) is 0. The Bertz CT molecular complexity index is 2480. The Morgan fingerprint density at radius 3 is 1.89 bits per heavy atom. The van der Waals surface area contributed by atoms with Gasteiger partial charge in [0, 0.05) is 33.0 Å². The number of aromatic nitrogens is 3. The molecule has 0 aliphatic carbocycles. The topological polar surface area (TPSA) is 43.9 Å². The van der Waals surface area contributed by atoms with Crippen LogP contribution in [0.4, 0.5) is 0 Å². The van der Waals surface area contributed by atoms with Crippen molar-refractivity contribution in [2.24, 2.45) is 0 Å². The molecule has 0 aliphatic rings. The zero-order valence-electron chi connectivity index (χ0n) is 23.7. The van der Waals surface area contributed by atoms with Crippen LogP contribution in [0.25, 0.3) is 83.3 Å². The summed E-state index contributed by atoms with van der Waals surface area (Å²) in [6, 6.07) is 52.7. The molecule has 206 valence electrons. The van der Waals surface area contributed by atoms with Crippen molar-refractivity contribution in [3.05, 3.63) is 152 Å². The maximum atomic E-state index is 6.50. The average molecular weight is 564 g/mol. The van der Waals surface area contributed by atoms with Crippen LogP contribution >= 0.6 is 0 Å². The Kier molecular flexibility index (Phi) is 5.47. The Labute approximate surface area is 253 Å². The van der Waals surface area contributed by atoms with Gasteiger partial charge in [0.25, 0.3) is 0 Å². The minimum Gasteiger partial charge on any atom is -0.438 e. The summed E-state index contributed by atoms with van der Waals surface area (Å²) in [5.74, 6) is 0.650. The van der Waals surface area contributed by atoms with Crippen LogP contribution in [0.3, 0.4) is 0 Å². The van der Waals surface area contributed by atoms with Crippen molar-refractivity contribution in [1.29, 1.82) is 0 Å². The van der Waals surface area contributed by atoms with Crippen molar-refractivity contribution in [2.75, 3.05) is 0 Å². The van der Waals surface area contributed by atoms with Crippen LogP contribution < -0.4 is 0 Å². The Balaban J connectivity index is 1.24. The van der Waals surface area contributed by atoms with Crippen LogP contribution in [0.15, 0.2) is 156 Å². The van der Waals surface area contributed by atoms with E-state index in [9.17, 15) is 0 Å². The molecule has 3 aromatic heterocycles. The monoisotopic (exact) mass is 563 g/mol. The molecule has 0 unspecified atom stereocenters.